The second-order valence-corrected chi connectivity index (χ2v) is 2.53. The molecule has 2 rings (SSSR count). The number of aliphatic hydroxyl groups is 2. The molecule has 1 aromatic rings. The van der Waals surface area contributed by atoms with Crippen molar-refractivity contribution >= 4 is 0 Å². The summed E-state index contributed by atoms with van der Waals surface area (Å²) in [5.74, 6) is 0. The first-order valence-electron chi connectivity index (χ1n) is 3.44. The summed E-state index contributed by atoms with van der Waals surface area (Å²) in [6, 6.07) is 7.16. The number of hydrogen-bond donors (Lipinski definition) is 2. The van der Waals surface area contributed by atoms with E-state index in [0.29, 0.717) is 11.1 Å². The zero-order chi connectivity index (χ0) is 7.84. The van der Waals surface area contributed by atoms with E-state index in [1.54, 1.807) is 12.1 Å². The zero-order valence-corrected chi connectivity index (χ0v) is 9.93. The maximum Gasteiger partial charge on any atom is 1.00 e. The molecule has 1 aliphatic heterocycles. The minimum Gasteiger partial charge on any atom is -0.603 e. The third-order valence-corrected chi connectivity index (χ3v) is 1.83. The van der Waals surface area contributed by atoms with Crippen LogP contribution in [0.1, 0.15) is 23.6 Å². The van der Waals surface area contributed by atoms with Crippen LogP contribution in [-0.4, -0.2) is 10.2 Å². The van der Waals surface area contributed by atoms with Crippen LogP contribution in [0.5, 0.6) is 0 Å². The molecule has 0 amide bonds. The van der Waals surface area contributed by atoms with Gasteiger partial charge >= 0.3 is 51.4 Å². The normalized spacial score (nSPS) is 26.2. The Morgan fingerprint density at radius 2 is 1.42 bits per heavy atom. The van der Waals surface area contributed by atoms with Crippen molar-refractivity contribution in [2.75, 3.05) is 0 Å². The Labute approximate surface area is 113 Å². The molecule has 58 valence electrons. The van der Waals surface area contributed by atoms with Crippen LogP contribution >= 0.6 is 0 Å². The molecule has 2 atom stereocenters. The van der Waals surface area contributed by atoms with Gasteiger partial charge in [0.1, 0.15) is 0 Å². The molecule has 1 heterocycles. The Bertz CT molecular complexity index is 253. The predicted molar refractivity (Wildman–Crippen MR) is 39.7 cm³/mol. The Balaban J connectivity index is 0.000000720. The minimum absolute atomic E-state index is 0. The second-order valence-electron chi connectivity index (χ2n) is 2.53. The van der Waals surface area contributed by atoms with Gasteiger partial charge in [0.05, 0.1) is 0 Å². The topological polar surface area (TPSA) is 54.6 Å². The van der Waals surface area contributed by atoms with E-state index in [0.717, 1.165) is 0 Å². The van der Waals surface area contributed by atoms with Gasteiger partial charge in [0.25, 0.3) is 0 Å². The van der Waals surface area contributed by atoms with Gasteiger partial charge in [-0.3, -0.25) is 0 Å². The summed E-state index contributed by atoms with van der Waals surface area (Å²) >= 11 is 0. The van der Waals surface area contributed by atoms with Crippen molar-refractivity contribution in [3.05, 3.63) is 40.7 Å². The van der Waals surface area contributed by atoms with Gasteiger partial charge in [0.15, 0.2) is 0 Å². The quantitative estimate of drug-likeness (QED) is 0.467. The van der Waals surface area contributed by atoms with Crippen LogP contribution in [0.3, 0.4) is 0 Å². The van der Waals surface area contributed by atoms with Crippen molar-refractivity contribution in [2.24, 2.45) is 0 Å². The molecule has 0 fully saturated rings. The SMILES string of the molecule is O[C@@H]1[N-][C@H](O)c2ccccc21.[K+]. The number of aliphatic hydroxyl groups excluding tert-OH is 2. The summed E-state index contributed by atoms with van der Waals surface area (Å²) in [6.07, 6.45) is -1.69. The first kappa shape index (κ1) is 10.8. The van der Waals surface area contributed by atoms with E-state index in [1.165, 1.54) is 0 Å². The number of rotatable bonds is 0. The molecule has 0 radical (unpaired) electrons. The van der Waals surface area contributed by atoms with Crippen LogP contribution < -0.4 is 51.4 Å². The van der Waals surface area contributed by atoms with Crippen molar-refractivity contribution in [1.82, 2.24) is 0 Å². The summed E-state index contributed by atoms with van der Waals surface area (Å²) in [7, 11) is 0. The molecule has 3 nitrogen and oxygen atoms in total. The van der Waals surface area contributed by atoms with Gasteiger partial charge in [0, 0.05) is 0 Å². The van der Waals surface area contributed by atoms with Gasteiger partial charge in [0.2, 0.25) is 0 Å². The molecule has 0 unspecified atom stereocenters. The van der Waals surface area contributed by atoms with E-state index in [-0.39, 0.29) is 51.4 Å². The van der Waals surface area contributed by atoms with E-state index in [4.69, 9.17) is 0 Å². The Morgan fingerprint density at radius 1 is 1.00 bits per heavy atom. The van der Waals surface area contributed by atoms with Gasteiger partial charge in [-0.15, -0.1) is 0 Å². The molecule has 4 heteroatoms. The number of fused-ring (bicyclic) bond motifs is 1. The molecule has 2 N–H and O–H groups in total. The van der Waals surface area contributed by atoms with Crippen LogP contribution in [0.2, 0.25) is 0 Å². The molecule has 1 aliphatic rings. The van der Waals surface area contributed by atoms with Gasteiger partial charge < -0.3 is 15.5 Å². The van der Waals surface area contributed by atoms with Crippen LogP contribution in [0, 0.1) is 0 Å². The van der Waals surface area contributed by atoms with Gasteiger partial charge in [-0.1, -0.05) is 24.3 Å². The Hall–Kier alpha value is 0.736. The van der Waals surface area contributed by atoms with Crippen LogP contribution in [0.25, 0.3) is 5.32 Å². The fourth-order valence-corrected chi connectivity index (χ4v) is 1.28. The van der Waals surface area contributed by atoms with Crippen molar-refractivity contribution in [2.45, 2.75) is 12.5 Å². The van der Waals surface area contributed by atoms with Gasteiger partial charge in [-0.25, -0.2) is 0 Å². The van der Waals surface area contributed by atoms with E-state index in [2.05, 4.69) is 5.32 Å². The monoisotopic (exact) mass is 189 g/mol. The fraction of sp³-hybridized carbons (Fsp3) is 0.250. The zero-order valence-electron chi connectivity index (χ0n) is 6.81. The first-order valence-corrected chi connectivity index (χ1v) is 3.44. The molecule has 0 saturated carbocycles. The standard InChI is InChI=1S/C8H8NO2.K/c10-7-5-3-1-2-4-6(5)8(11)9-7;/h1-4,7-8,10-11H;/q-1;+1/t7-,8+;. The van der Waals surface area contributed by atoms with Crippen LogP contribution in [-0.2, 0) is 0 Å². The number of benzene rings is 1. The predicted octanol–water partition coefficient (Wildman–Crippen LogP) is -1.94. The number of hydrogen-bond acceptors (Lipinski definition) is 2. The van der Waals surface area contributed by atoms with E-state index in [9.17, 15) is 10.2 Å². The summed E-state index contributed by atoms with van der Waals surface area (Å²) < 4.78 is 0. The molecular weight excluding hydrogens is 181 g/mol. The van der Waals surface area contributed by atoms with E-state index >= 15 is 0 Å². The fourth-order valence-electron chi connectivity index (χ4n) is 1.28. The summed E-state index contributed by atoms with van der Waals surface area (Å²) in [5, 5.41) is 22.1. The largest absolute Gasteiger partial charge is 1.00 e. The average Bonchev–Trinajstić information content (AvgIpc) is 2.30. The molecular formula is C8H8KNO2. The van der Waals surface area contributed by atoms with E-state index < -0.39 is 12.5 Å². The maximum atomic E-state index is 9.23. The molecule has 0 saturated heterocycles. The third kappa shape index (κ3) is 1.81. The third-order valence-electron chi connectivity index (χ3n) is 1.83. The second kappa shape index (κ2) is 4.30. The molecule has 0 bridgehead atoms. The summed E-state index contributed by atoms with van der Waals surface area (Å²) in [6.45, 7) is 0. The maximum absolute atomic E-state index is 9.23. The summed E-state index contributed by atoms with van der Waals surface area (Å²) in [4.78, 5) is 0. The van der Waals surface area contributed by atoms with Crippen molar-refractivity contribution < 1.29 is 61.6 Å². The first-order chi connectivity index (χ1) is 5.29. The van der Waals surface area contributed by atoms with Crippen LogP contribution in [0.4, 0.5) is 0 Å². The average molecular weight is 189 g/mol. The van der Waals surface area contributed by atoms with Crippen molar-refractivity contribution in [3.8, 4) is 0 Å². The number of nitrogens with zero attached hydrogens (tertiary/aromatic N) is 1. The Morgan fingerprint density at radius 3 is 1.83 bits per heavy atom. The Kier molecular flexibility index (Phi) is 3.88. The smallest absolute Gasteiger partial charge is 0.603 e. The molecule has 0 spiro atoms. The summed E-state index contributed by atoms with van der Waals surface area (Å²) in [5.41, 5.74) is 1.42. The van der Waals surface area contributed by atoms with E-state index in [1.807, 2.05) is 12.1 Å². The molecule has 12 heavy (non-hydrogen) atoms. The minimum atomic E-state index is -0.846. The van der Waals surface area contributed by atoms with Crippen LogP contribution in [0.15, 0.2) is 24.3 Å². The molecule has 1 aromatic carbocycles. The van der Waals surface area contributed by atoms with Gasteiger partial charge in [-0.05, 0) is 23.6 Å². The van der Waals surface area contributed by atoms with Gasteiger partial charge in [-0.2, -0.15) is 0 Å². The molecule has 0 aliphatic carbocycles. The van der Waals surface area contributed by atoms with Crippen molar-refractivity contribution in [1.29, 1.82) is 0 Å². The molecule has 0 aromatic heterocycles. The van der Waals surface area contributed by atoms with Crippen molar-refractivity contribution in [3.63, 3.8) is 0 Å².